The smallest absolute Gasteiger partial charge is 0.409 e. The third kappa shape index (κ3) is 3.35. The van der Waals surface area contributed by atoms with Crippen molar-refractivity contribution >= 4 is 11.9 Å². The minimum Gasteiger partial charge on any atom is -0.450 e. The van der Waals surface area contributed by atoms with E-state index in [0.717, 1.165) is 24.5 Å². The van der Waals surface area contributed by atoms with Crippen LogP contribution < -0.4 is 10.6 Å². The normalized spacial score (nSPS) is 15.5. The summed E-state index contributed by atoms with van der Waals surface area (Å²) in [7, 11) is 0. The molecule has 0 spiro atoms. The van der Waals surface area contributed by atoms with E-state index in [1.807, 2.05) is 19.1 Å². The Morgan fingerprint density at radius 2 is 2.16 bits per heavy atom. The van der Waals surface area contributed by atoms with Crippen molar-refractivity contribution in [3.05, 3.63) is 23.9 Å². The van der Waals surface area contributed by atoms with E-state index in [9.17, 15) is 4.79 Å². The molecule has 1 aromatic rings. The van der Waals surface area contributed by atoms with Crippen LogP contribution in [0.2, 0.25) is 0 Å². The number of amides is 1. The van der Waals surface area contributed by atoms with Gasteiger partial charge in [-0.15, -0.1) is 0 Å². The minimum absolute atomic E-state index is 0.231. The molecule has 1 aliphatic rings. The van der Waals surface area contributed by atoms with E-state index in [2.05, 4.69) is 9.88 Å². The van der Waals surface area contributed by atoms with Crippen LogP contribution in [0, 0.1) is 0 Å². The molecule has 1 aliphatic heterocycles. The maximum atomic E-state index is 11.6. The molecule has 0 unspecified atom stereocenters. The van der Waals surface area contributed by atoms with Gasteiger partial charge in [-0.25, -0.2) is 9.78 Å². The average Bonchev–Trinajstić information content (AvgIpc) is 2.48. The van der Waals surface area contributed by atoms with Gasteiger partial charge in [0.1, 0.15) is 5.82 Å². The fourth-order valence-corrected chi connectivity index (χ4v) is 2.09. The first-order chi connectivity index (χ1) is 9.24. The molecule has 0 radical (unpaired) electrons. The molecule has 6 heteroatoms. The fraction of sp³-hybridized carbons (Fsp3) is 0.538. The standard InChI is InChI=1S/C13H20N4O2/c1-2-19-13(18)17-7-5-16(6-8-17)12-9-11(10-14)3-4-15-12/h3-4,9H,2,5-8,10,14H2,1H3. The van der Waals surface area contributed by atoms with Crippen molar-refractivity contribution in [1.82, 2.24) is 9.88 Å². The lowest BCUT2D eigenvalue weighted by Gasteiger charge is -2.34. The monoisotopic (exact) mass is 264 g/mol. The molecule has 2 N–H and O–H groups in total. The third-order valence-electron chi connectivity index (χ3n) is 3.18. The molecule has 0 aliphatic carbocycles. The number of piperazine rings is 1. The Hall–Kier alpha value is -1.82. The Kier molecular flexibility index (Phi) is 4.57. The van der Waals surface area contributed by atoms with Gasteiger partial charge < -0.3 is 20.3 Å². The summed E-state index contributed by atoms with van der Waals surface area (Å²) in [6.45, 7) is 5.59. The van der Waals surface area contributed by atoms with E-state index in [1.165, 1.54) is 0 Å². The zero-order chi connectivity index (χ0) is 13.7. The molecule has 2 rings (SSSR count). The van der Waals surface area contributed by atoms with Gasteiger partial charge >= 0.3 is 6.09 Å². The molecular weight excluding hydrogens is 244 g/mol. The van der Waals surface area contributed by atoms with Gasteiger partial charge in [0, 0.05) is 38.9 Å². The van der Waals surface area contributed by atoms with Crippen LogP contribution in [0.4, 0.5) is 10.6 Å². The largest absolute Gasteiger partial charge is 0.450 e. The van der Waals surface area contributed by atoms with Crippen LogP contribution >= 0.6 is 0 Å². The first kappa shape index (κ1) is 13.6. The molecule has 0 saturated carbocycles. The van der Waals surface area contributed by atoms with Crippen LogP contribution in [-0.2, 0) is 11.3 Å². The van der Waals surface area contributed by atoms with Crippen LogP contribution in [0.1, 0.15) is 12.5 Å². The number of hydrogen-bond acceptors (Lipinski definition) is 5. The van der Waals surface area contributed by atoms with E-state index in [1.54, 1.807) is 11.1 Å². The molecule has 0 bridgehead atoms. The topological polar surface area (TPSA) is 71.7 Å². The maximum Gasteiger partial charge on any atom is 0.409 e. The van der Waals surface area contributed by atoms with Crippen LogP contribution in [0.5, 0.6) is 0 Å². The van der Waals surface area contributed by atoms with Crippen LogP contribution in [0.3, 0.4) is 0 Å². The first-order valence-corrected chi connectivity index (χ1v) is 6.56. The maximum absolute atomic E-state index is 11.6. The van der Waals surface area contributed by atoms with Crippen molar-refractivity contribution in [2.75, 3.05) is 37.7 Å². The van der Waals surface area contributed by atoms with E-state index < -0.39 is 0 Å². The lowest BCUT2D eigenvalue weighted by molar-refractivity contribution is 0.105. The molecule has 0 atom stereocenters. The molecule has 1 amide bonds. The zero-order valence-corrected chi connectivity index (χ0v) is 11.2. The van der Waals surface area contributed by atoms with Gasteiger partial charge in [0.05, 0.1) is 6.61 Å². The lowest BCUT2D eigenvalue weighted by atomic mass is 10.2. The second kappa shape index (κ2) is 6.38. The van der Waals surface area contributed by atoms with Gasteiger partial charge in [0.15, 0.2) is 0 Å². The molecule has 1 fully saturated rings. The van der Waals surface area contributed by atoms with Crippen molar-refractivity contribution in [3.8, 4) is 0 Å². The Labute approximate surface area is 113 Å². The van der Waals surface area contributed by atoms with Gasteiger partial charge in [-0.3, -0.25) is 0 Å². The number of anilines is 1. The highest BCUT2D eigenvalue weighted by Crippen LogP contribution is 2.15. The number of rotatable bonds is 3. The van der Waals surface area contributed by atoms with Crippen molar-refractivity contribution in [2.45, 2.75) is 13.5 Å². The summed E-state index contributed by atoms with van der Waals surface area (Å²) in [6, 6.07) is 3.92. The molecule has 1 saturated heterocycles. The molecule has 19 heavy (non-hydrogen) atoms. The molecule has 1 aromatic heterocycles. The van der Waals surface area contributed by atoms with E-state index in [-0.39, 0.29) is 6.09 Å². The first-order valence-electron chi connectivity index (χ1n) is 6.56. The summed E-state index contributed by atoms with van der Waals surface area (Å²) in [5, 5.41) is 0. The van der Waals surface area contributed by atoms with Crippen LogP contribution in [-0.4, -0.2) is 48.8 Å². The quantitative estimate of drug-likeness (QED) is 0.875. The van der Waals surface area contributed by atoms with E-state index in [4.69, 9.17) is 10.5 Å². The summed E-state index contributed by atoms with van der Waals surface area (Å²) in [4.78, 5) is 19.8. The summed E-state index contributed by atoms with van der Waals surface area (Å²) >= 11 is 0. The van der Waals surface area contributed by atoms with Crippen molar-refractivity contribution in [3.63, 3.8) is 0 Å². The lowest BCUT2D eigenvalue weighted by Crippen LogP contribution is -2.49. The van der Waals surface area contributed by atoms with Crippen molar-refractivity contribution < 1.29 is 9.53 Å². The zero-order valence-electron chi connectivity index (χ0n) is 11.2. The van der Waals surface area contributed by atoms with Gasteiger partial charge in [0.2, 0.25) is 0 Å². The summed E-state index contributed by atoms with van der Waals surface area (Å²) in [5.41, 5.74) is 6.70. The third-order valence-corrected chi connectivity index (χ3v) is 3.18. The van der Waals surface area contributed by atoms with E-state index in [0.29, 0.717) is 26.2 Å². The highest BCUT2D eigenvalue weighted by molar-refractivity contribution is 5.68. The average molecular weight is 264 g/mol. The Bertz CT molecular complexity index is 430. The summed E-state index contributed by atoms with van der Waals surface area (Å²) < 4.78 is 5.00. The number of hydrogen-bond donors (Lipinski definition) is 1. The second-order valence-corrected chi connectivity index (χ2v) is 4.40. The number of aromatic nitrogens is 1. The van der Waals surface area contributed by atoms with Gasteiger partial charge in [-0.05, 0) is 24.6 Å². The highest BCUT2D eigenvalue weighted by atomic mass is 16.6. The Morgan fingerprint density at radius 1 is 1.42 bits per heavy atom. The van der Waals surface area contributed by atoms with Crippen molar-refractivity contribution in [2.24, 2.45) is 5.73 Å². The predicted molar refractivity (Wildman–Crippen MR) is 72.9 cm³/mol. The number of carbonyl (C=O) groups excluding carboxylic acids is 1. The van der Waals surface area contributed by atoms with Crippen LogP contribution in [0.25, 0.3) is 0 Å². The second-order valence-electron chi connectivity index (χ2n) is 4.40. The number of pyridine rings is 1. The SMILES string of the molecule is CCOC(=O)N1CCN(c2cc(CN)ccn2)CC1. The van der Waals surface area contributed by atoms with Gasteiger partial charge in [-0.1, -0.05) is 0 Å². The Balaban J connectivity index is 1.94. The number of carbonyl (C=O) groups is 1. The fourth-order valence-electron chi connectivity index (χ4n) is 2.09. The molecule has 6 nitrogen and oxygen atoms in total. The summed E-state index contributed by atoms with van der Waals surface area (Å²) in [5.74, 6) is 0.923. The number of nitrogens with two attached hydrogens (primary N) is 1. The minimum atomic E-state index is -0.231. The molecule has 2 heterocycles. The van der Waals surface area contributed by atoms with E-state index >= 15 is 0 Å². The van der Waals surface area contributed by atoms with Gasteiger partial charge in [-0.2, -0.15) is 0 Å². The molecule has 104 valence electrons. The van der Waals surface area contributed by atoms with Crippen LogP contribution in [0.15, 0.2) is 18.3 Å². The number of ether oxygens (including phenoxy) is 1. The Morgan fingerprint density at radius 3 is 2.79 bits per heavy atom. The van der Waals surface area contributed by atoms with Crippen molar-refractivity contribution in [1.29, 1.82) is 0 Å². The molecule has 0 aromatic carbocycles. The summed E-state index contributed by atoms with van der Waals surface area (Å²) in [6.07, 6.45) is 1.54. The molecular formula is C13H20N4O2. The number of nitrogens with zero attached hydrogens (tertiary/aromatic N) is 3. The highest BCUT2D eigenvalue weighted by Gasteiger charge is 2.22. The van der Waals surface area contributed by atoms with Gasteiger partial charge in [0.25, 0.3) is 0 Å². The predicted octanol–water partition coefficient (Wildman–Crippen LogP) is 0.819.